The minimum absolute atomic E-state index is 0.0116. The van der Waals surface area contributed by atoms with Gasteiger partial charge in [0, 0.05) is 25.7 Å². The number of piperazine rings is 1. The molecule has 3 rings (SSSR count). The highest BCUT2D eigenvalue weighted by Gasteiger charge is 2.48. The Morgan fingerprint density at radius 1 is 1.28 bits per heavy atom. The van der Waals surface area contributed by atoms with E-state index in [9.17, 15) is 13.2 Å². The number of hydrogen-bond acceptors (Lipinski definition) is 6. The smallest absolute Gasteiger partial charge is 0.289 e. The van der Waals surface area contributed by atoms with E-state index in [0.29, 0.717) is 25.4 Å². The predicted molar refractivity (Wildman–Crippen MR) is 92.9 cm³/mol. The highest BCUT2D eigenvalue weighted by atomic mass is 32.2. The molecule has 3 heterocycles. The lowest BCUT2D eigenvalue weighted by molar-refractivity contribution is 0.0339. The van der Waals surface area contributed by atoms with Crippen molar-refractivity contribution in [2.75, 3.05) is 31.1 Å². The lowest BCUT2D eigenvalue weighted by Crippen LogP contribution is -2.60. The first-order valence-electron chi connectivity index (χ1n) is 8.39. The molecular weight excluding hydrogens is 344 g/mol. The molecule has 1 N–H and O–H groups in total. The molecule has 2 aliphatic rings. The molecule has 0 saturated carbocycles. The van der Waals surface area contributed by atoms with Crippen LogP contribution in [0.3, 0.4) is 0 Å². The summed E-state index contributed by atoms with van der Waals surface area (Å²) in [6.45, 7) is 5.53. The third kappa shape index (κ3) is 3.80. The van der Waals surface area contributed by atoms with Crippen molar-refractivity contribution in [3.63, 3.8) is 0 Å². The Kier molecular flexibility index (Phi) is 5.04. The van der Waals surface area contributed by atoms with E-state index in [2.05, 4.69) is 11.0 Å². The average molecular weight is 368 g/mol. The summed E-state index contributed by atoms with van der Waals surface area (Å²) >= 11 is 0. The third-order valence-electron chi connectivity index (χ3n) is 4.81. The molecule has 1 aromatic heterocycles. The van der Waals surface area contributed by atoms with Gasteiger partial charge < -0.3 is 14.4 Å². The van der Waals surface area contributed by atoms with E-state index in [-0.39, 0.29) is 41.9 Å². The van der Waals surface area contributed by atoms with E-state index in [4.69, 9.17) is 9.52 Å². The Hall–Kier alpha value is -1.64. The molecule has 1 aromatic rings. The number of aliphatic hydroxyl groups is 1. The van der Waals surface area contributed by atoms with Gasteiger partial charge in [-0.15, -0.1) is 0 Å². The fourth-order valence-electron chi connectivity index (χ4n) is 3.52. The van der Waals surface area contributed by atoms with Crippen LogP contribution in [0.5, 0.6) is 0 Å². The first-order valence-corrected chi connectivity index (χ1v) is 10.2. The van der Waals surface area contributed by atoms with Crippen LogP contribution in [0.25, 0.3) is 0 Å². The van der Waals surface area contributed by atoms with E-state index >= 15 is 0 Å². The summed E-state index contributed by atoms with van der Waals surface area (Å²) in [5, 5.41) is 9.09. The van der Waals surface area contributed by atoms with Gasteiger partial charge >= 0.3 is 0 Å². The van der Waals surface area contributed by atoms with Gasteiger partial charge in [0.25, 0.3) is 5.91 Å². The molecular formula is C17H24N2O5S. The number of carbonyl (C=O) groups is 1. The third-order valence-corrected chi connectivity index (χ3v) is 6.51. The second kappa shape index (κ2) is 6.93. The SMILES string of the molecule is CC(C)=CCN1CCN(C(=O)c2ccc(CO)o2)[C@@H]2CS(=O)(=O)C[C@@H]21. The van der Waals surface area contributed by atoms with E-state index < -0.39 is 9.84 Å². The predicted octanol–water partition coefficient (Wildman–Crippen LogP) is 0.662. The van der Waals surface area contributed by atoms with Gasteiger partial charge in [-0.3, -0.25) is 9.69 Å². The lowest BCUT2D eigenvalue weighted by Gasteiger charge is -2.43. The summed E-state index contributed by atoms with van der Waals surface area (Å²) in [6, 6.07) is 2.54. The number of aliphatic hydroxyl groups excluding tert-OH is 1. The molecule has 0 bridgehead atoms. The number of hydrogen-bond donors (Lipinski definition) is 1. The minimum atomic E-state index is -3.18. The highest BCUT2D eigenvalue weighted by molar-refractivity contribution is 7.91. The molecule has 2 aliphatic heterocycles. The first kappa shape index (κ1) is 18.2. The molecule has 0 spiro atoms. The van der Waals surface area contributed by atoms with Gasteiger partial charge in [-0.2, -0.15) is 0 Å². The van der Waals surface area contributed by atoms with Crippen LogP contribution in [-0.2, 0) is 16.4 Å². The molecule has 2 fully saturated rings. The van der Waals surface area contributed by atoms with Crippen LogP contribution in [0.15, 0.2) is 28.2 Å². The van der Waals surface area contributed by atoms with Crippen LogP contribution in [0.1, 0.15) is 30.2 Å². The standard InChI is InChI=1S/C17H24N2O5S/c1-12(2)5-6-18-7-8-19(15-11-25(22,23)10-14(15)18)17(21)16-4-3-13(9-20)24-16/h3-5,14-15,20H,6-11H2,1-2H3/t14-,15+/m0/s1. The Morgan fingerprint density at radius 3 is 2.64 bits per heavy atom. The van der Waals surface area contributed by atoms with Gasteiger partial charge in [0.15, 0.2) is 15.6 Å². The topological polar surface area (TPSA) is 91.1 Å². The van der Waals surface area contributed by atoms with Gasteiger partial charge in [-0.1, -0.05) is 11.6 Å². The maximum absolute atomic E-state index is 12.8. The van der Waals surface area contributed by atoms with Crippen molar-refractivity contribution in [2.45, 2.75) is 32.5 Å². The number of rotatable bonds is 4. The van der Waals surface area contributed by atoms with E-state index in [1.807, 2.05) is 13.8 Å². The Labute approximate surface area is 147 Å². The summed E-state index contributed by atoms with van der Waals surface area (Å²) in [5.74, 6) is 0.222. The number of fused-ring (bicyclic) bond motifs is 1. The molecule has 0 aliphatic carbocycles. The molecule has 1 amide bonds. The zero-order valence-electron chi connectivity index (χ0n) is 14.5. The number of amides is 1. The summed E-state index contributed by atoms with van der Waals surface area (Å²) in [4.78, 5) is 16.5. The van der Waals surface area contributed by atoms with E-state index in [1.165, 1.54) is 11.6 Å². The molecule has 0 aromatic carbocycles. The normalized spacial score (nSPS) is 25.6. The van der Waals surface area contributed by atoms with Gasteiger partial charge in [-0.05, 0) is 26.0 Å². The molecule has 25 heavy (non-hydrogen) atoms. The van der Waals surface area contributed by atoms with Crippen molar-refractivity contribution < 1.29 is 22.7 Å². The van der Waals surface area contributed by atoms with E-state index in [0.717, 1.165) is 0 Å². The van der Waals surface area contributed by atoms with Crippen molar-refractivity contribution in [3.05, 3.63) is 35.3 Å². The summed E-state index contributed by atoms with van der Waals surface area (Å²) in [7, 11) is -3.18. The van der Waals surface area contributed by atoms with Gasteiger partial charge in [-0.25, -0.2) is 8.42 Å². The fourth-order valence-corrected chi connectivity index (χ4v) is 5.53. The summed E-state index contributed by atoms with van der Waals surface area (Å²) in [5.41, 5.74) is 1.18. The van der Waals surface area contributed by atoms with E-state index in [1.54, 1.807) is 11.0 Å². The number of carbonyl (C=O) groups excluding carboxylic acids is 1. The number of furan rings is 1. The fraction of sp³-hybridized carbons (Fsp3) is 0.588. The Balaban J connectivity index is 1.83. The van der Waals surface area contributed by atoms with Gasteiger partial charge in [0.2, 0.25) is 0 Å². The molecule has 2 saturated heterocycles. The monoisotopic (exact) mass is 368 g/mol. The largest absolute Gasteiger partial charge is 0.453 e. The first-order chi connectivity index (χ1) is 11.8. The zero-order chi connectivity index (χ0) is 18.2. The van der Waals surface area contributed by atoms with Crippen LogP contribution in [0.4, 0.5) is 0 Å². The Bertz CT molecular complexity index is 779. The van der Waals surface area contributed by atoms with Crippen LogP contribution < -0.4 is 0 Å². The minimum Gasteiger partial charge on any atom is -0.453 e. The molecule has 2 atom stereocenters. The maximum atomic E-state index is 12.8. The van der Waals surface area contributed by atoms with Crippen molar-refractivity contribution >= 4 is 15.7 Å². The highest BCUT2D eigenvalue weighted by Crippen LogP contribution is 2.28. The maximum Gasteiger partial charge on any atom is 0.289 e. The quantitative estimate of drug-likeness (QED) is 0.785. The van der Waals surface area contributed by atoms with Crippen LogP contribution >= 0.6 is 0 Å². The second-order valence-electron chi connectivity index (χ2n) is 6.91. The van der Waals surface area contributed by atoms with Crippen molar-refractivity contribution in [2.24, 2.45) is 0 Å². The molecule has 0 unspecified atom stereocenters. The van der Waals surface area contributed by atoms with Gasteiger partial charge in [0.1, 0.15) is 12.4 Å². The number of allylic oxidation sites excluding steroid dienone is 1. The molecule has 0 radical (unpaired) electrons. The molecule has 7 nitrogen and oxygen atoms in total. The van der Waals surface area contributed by atoms with Crippen LogP contribution in [0.2, 0.25) is 0 Å². The summed E-state index contributed by atoms with van der Waals surface area (Å²) in [6.07, 6.45) is 2.08. The van der Waals surface area contributed by atoms with Crippen LogP contribution in [0, 0.1) is 0 Å². The second-order valence-corrected chi connectivity index (χ2v) is 9.06. The summed E-state index contributed by atoms with van der Waals surface area (Å²) < 4.78 is 29.7. The molecule has 138 valence electrons. The van der Waals surface area contributed by atoms with Crippen molar-refractivity contribution in [1.29, 1.82) is 0 Å². The van der Waals surface area contributed by atoms with Gasteiger partial charge in [0.05, 0.1) is 17.5 Å². The lowest BCUT2D eigenvalue weighted by atomic mass is 10.0. The van der Waals surface area contributed by atoms with Crippen molar-refractivity contribution in [3.8, 4) is 0 Å². The zero-order valence-corrected chi connectivity index (χ0v) is 15.3. The number of nitrogens with zero attached hydrogens (tertiary/aromatic N) is 2. The Morgan fingerprint density at radius 2 is 2.00 bits per heavy atom. The average Bonchev–Trinajstić information content (AvgIpc) is 3.14. The number of sulfone groups is 1. The van der Waals surface area contributed by atoms with Crippen molar-refractivity contribution in [1.82, 2.24) is 9.80 Å². The molecule has 8 heteroatoms. The van der Waals surface area contributed by atoms with Crippen LogP contribution in [-0.4, -0.2) is 72.5 Å².